The second-order valence-electron chi connectivity index (χ2n) is 3.25. The fourth-order valence-corrected chi connectivity index (χ4v) is 3.30. The van der Waals surface area contributed by atoms with Crippen LogP contribution in [0.1, 0.15) is 5.69 Å². The van der Waals surface area contributed by atoms with Gasteiger partial charge in [-0.05, 0) is 6.92 Å². The molecule has 3 nitrogen and oxygen atoms in total. The Kier molecular flexibility index (Phi) is 2.14. The predicted molar refractivity (Wildman–Crippen MR) is 61.2 cm³/mol. The minimum atomic E-state index is 0.626. The predicted octanol–water partition coefficient (Wildman–Crippen LogP) is 2.95. The van der Waals surface area contributed by atoms with Crippen molar-refractivity contribution < 1.29 is 9.47 Å². The zero-order valence-electron chi connectivity index (χ0n) is 8.15. The summed E-state index contributed by atoms with van der Waals surface area (Å²) in [6.07, 6.45) is 0. The van der Waals surface area contributed by atoms with Crippen LogP contribution in [0.25, 0.3) is 9.88 Å². The quantitative estimate of drug-likeness (QED) is 0.766. The van der Waals surface area contributed by atoms with E-state index >= 15 is 0 Å². The van der Waals surface area contributed by atoms with Crippen molar-refractivity contribution in [1.82, 2.24) is 4.98 Å². The Bertz CT molecular complexity index is 489. The van der Waals surface area contributed by atoms with Crippen molar-refractivity contribution in [2.45, 2.75) is 6.92 Å². The van der Waals surface area contributed by atoms with Gasteiger partial charge in [-0.15, -0.1) is 22.7 Å². The summed E-state index contributed by atoms with van der Waals surface area (Å²) in [4.78, 5) is 5.54. The molecule has 2 aromatic rings. The number of ether oxygens (including phenoxy) is 2. The summed E-state index contributed by atoms with van der Waals surface area (Å²) in [6, 6.07) is 0. The number of thiazole rings is 1. The molecule has 0 N–H and O–H groups in total. The molecular weight excluding hydrogens is 230 g/mol. The van der Waals surface area contributed by atoms with Crippen molar-refractivity contribution in [1.29, 1.82) is 0 Å². The van der Waals surface area contributed by atoms with E-state index < -0.39 is 0 Å². The van der Waals surface area contributed by atoms with E-state index in [9.17, 15) is 0 Å². The summed E-state index contributed by atoms with van der Waals surface area (Å²) in [5.74, 6) is 1.72. The number of nitrogens with zero attached hydrogens (tertiary/aromatic N) is 1. The van der Waals surface area contributed by atoms with E-state index in [1.165, 1.54) is 0 Å². The highest BCUT2D eigenvalue weighted by atomic mass is 32.1. The molecular formula is C10H9NO2S2. The zero-order valence-corrected chi connectivity index (χ0v) is 9.78. The molecule has 78 valence electrons. The van der Waals surface area contributed by atoms with Crippen LogP contribution in [0.4, 0.5) is 0 Å². The first-order valence-electron chi connectivity index (χ1n) is 4.64. The van der Waals surface area contributed by atoms with Crippen LogP contribution < -0.4 is 9.47 Å². The van der Waals surface area contributed by atoms with Crippen LogP contribution in [-0.2, 0) is 0 Å². The molecule has 0 atom stereocenters. The summed E-state index contributed by atoms with van der Waals surface area (Å²) >= 11 is 3.27. The fraction of sp³-hybridized carbons (Fsp3) is 0.300. The minimum absolute atomic E-state index is 0.626. The van der Waals surface area contributed by atoms with E-state index in [1.807, 2.05) is 17.7 Å². The largest absolute Gasteiger partial charge is 0.485 e. The Labute approximate surface area is 95.3 Å². The average molecular weight is 239 g/mol. The first-order valence-corrected chi connectivity index (χ1v) is 6.40. The zero-order chi connectivity index (χ0) is 10.3. The van der Waals surface area contributed by atoms with Crippen LogP contribution in [0.15, 0.2) is 10.8 Å². The van der Waals surface area contributed by atoms with E-state index in [2.05, 4.69) is 4.98 Å². The van der Waals surface area contributed by atoms with E-state index in [1.54, 1.807) is 22.7 Å². The van der Waals surface area contributed by atoms with Crippen molar-refractivity contribution in [2.24, 2.45) is 0 Å². The molecule has 0 amide bonds. The Balaban J connectivity index is 2.08. The van der Waals surface area contributed by atoms with Gasteiger partial charge in [0.05, 0.1) is 0 Å². The van der Waals surface area contributed by atoms with Crippen molar-refractivity contribution >= 4 is 22.7 Å². The Morgan fingerprint density at radius 3 is 2.87 bits per heavy atom. The second-order valence-corrected chi connectivity index (χ2v) is 4.99. The van der Waals surface area contributed by atoms with Gasteiger partial charge < -0.3 is 9.47 Å². The fourth-order valence-electron chi connectivity index (χ4n) is 1.47. The number of hydrogen-bond donors (Lipinski definition) is 0. The first kappa shape index (κ1) is 9.18. The van der Waals surface area contributed by atoms with Gasteiger partial charge in [0.15, 0.2) is 11.5 Å². The normalized spacial score (nSPS) is 14.2. The molecule has 1 aliphatic rings. The maximum absolute atomic E-state index is 5.61. The maximum atomic E-state index is 5.61. The van der Waals surface area contributed by atoms with Crippen molar-refractivity contribution in [3.8, 4) is 21.4 Å². The van der Waals surface area contributed by atoms with Gasteiger partial charge in [-0.3, -0.25) is 0 Å². The molecule has 15 heavy (non-hydrogen) atoms. The first-order chi connectivity index (χ1) is 7.34. The third kappa shape index (κ3) is 1.52. The minimum Gasteiger partial charge on any atom is -0.485 e. The molecule has 0 fully saturated rings. The second kappa shape index (κ2) is 3.50. The molecule has 5 heteroatoms. The van der Waals surface area contributed by atoms with Gasteiger partial charge >= 0.3 is 0 Å². The lowest BCUT2D eigenvalue weighted by Gasteiger charge is -2.15. The number of rotatable bonds is 1. The van der Waals surface area contributed by atoms with Gasteiger partial charge in [0.1, 0.15) is 23.1 Å². The highest BCUT2D eigenvalue weighted by Gasteiger charge is 2.21. The van der Waals surface area contributed by atoms with E-state index in [0.717, 1.165) is 27.1 Å². The molecule has 0 bridgehead atoms. The Morgan fingerprint density at radius 1 is 1.20 bits per heavy atom. The molecule has 2 aromatic heterocycles. The van der Waals surface area contributed by atoms with Gasteiger partial charge in [-0.25, -0.2) is 4.98 Å². The summed E-state index contributed by atoms with van der Waals surface area (Å²) in [7, 11) is 0. The standard InChI is InChI=1S/C10H9NO2S2/c1-6-4-15-10(11-6)9-8-7(5-14-9)12-2-3-13-8/h4-5H,2-3H2,1H3. The lowest BCUT2D eigenvalue weighted by atomic mass is 10.4. The molecule has 0 aromatic carbocycles. The SMILES string of the molecule is Cc1csc(-c2scc3c2OCCO3)n1. The summed E-state index contributed by atoms with van der Waals surface area (Å²) < 4.78 is 11.1. The molecule has 1 aliphatic heterocycles. The van der Waals surface area contributed by atoms with Gasteiger partial charge in [0, 0.05) is 16.5 Å². The van der Waals surface area contributed by atoms with Crippen LogP contribution in [0.3, 0.4) is 0 Å². The smallest absolute Gasteiger partial charge is 0.182 e. The van der Waals surface area contributed by atoms with Crippen molar-refractivity contribution in [2.75, 3.05) is 13.2 Å². The maximum Gasteiger partial charge on any atom is 0.182 e. The molecule has 0 saturated carbocycles. The van der Waals surface area contributed by atoms with E-state index in [4.69, 9.17) is 9.47 Å². The number of thiophene rings is 1. The van der Waals surface area contributed by atoms with Gasteiger partial charge in [-0.2, -0.15) is 0 Å². The molecule has 3 heterocycles. The van der Waals surface area contributed by atoms with Crippen LogP contribution in [0.2, 0.25) is 0 Å². The van der Waals surface area contributed by atoms with Crippen LogP contribution in [-0.4, -0.2) is 18.2 Å². The highest BCUT2D eigenvalue weighted by molar-refractivity contribution is 7.20. The third-order valence-corrected chi connectivity index (χ3v) is 4.17. The summed E-state index contributed by atoms with van der Waals surface area (Å²) in [5, 5.41) is 5.05. The molecule has 0 aliphatic carbocycles. The molecule has 0 unspecified atom stereocenters. The topological polar surface area (TPSA) is 31.4 Å². The number of aryl methyl sites for hydroxylation is 1. The molecule has 0 saturated heterocycles. The lowest BCUT2D eigenvalue weighted by molar-refractivity contribution is 0.174. The average Bonchev–Trinajstić information content (AvgIpc) is 2.83. The summed E-state index contributed by atoms with van der Waals surface area (Å²) in [6.45, 7) is 3.26. The van der Waals surface area contributed by atoms with E-state index in [-0.39, 0.29) is 0 Å². The Morgan fingerprint density at radius 2 is 2.07 bits per heavy atom. The summed E-state index contributed by atoms with van der Waals surface area (Å²) in [5.41, 5.74) is 1.05. The Hall–Kier alpha value is -1.07. The van der Waals surface area contributed by atoms with Gasteiger partial charge in [0.2, 0.25) is 0 Å². The molecule has 0 spiro atoms. The van der Waals surface area contributed by atoms with Crippen molar-refractivity contribution in [3.05, 3.63) is 16.5 Å². The number of aromatic nitrogens is 1. The number of fused-ring (bicyclic) bond motifs is 1. The highest BCUT2D eigenvalue weighted by Crippen LogP contribution is 2.46. The van der Waals surface area contributed by atoms with E-state index in [0.29, 0.717) is 13.2 Å². The molecule has 0 radical (unpaired) electrons. The molecule has 3 rings (SSSR count). The third-order valence-electron chi connectivity index (χ3n) is 2.11. The van der Waals surface area contributed by atoms with Crippen LogP contribution in [0, 0.1) is 6.92 Å². The monoisotopic (exact) mass is 239 g/mol. The van der Waals surface area contributed by atoms with Crippen LogP contribution in [0.5, 0.6) is 11.5 Å². The van der Waals surface area contributed by atoms with Crippen molar-refractivity contribution in [3.63, 3.8) is 0 Å². The number of hydrogen-bond acceptors (Lipinski definition) is 5. The lowest BCUT2D eigenvalue weighted by Crippen LogP contribution is -2.14. The van der Waals surface area contributed by atoms with Crippen LogP contribution >= 0.6 is 22.7 Å². The van der Waals surface area contributed by atoms with Gasteiger partial charge in [-0.1, -0.05) is 0 Å². The van der Waals surface area contributed by atoms with Gasteiger partial charge in [0.25, 0.3) is 0 Å².